The highest BCUT2D eigenvalue weighted by Crippen LogP contribution is 2.43. The van der Waals surface area contributed by atoms with Crippen LogP contribution in [0.4, 0.5) is 17.1 Å². The summed E-state index contributed by atoms with van der Waals surface area (Å²) in [6.45, 7) is 0. The molecule has 0 unspecified atom stereocenters. The van der Waals surface area contributed by atoms with Crippen molar-refractivity contribution in [2.24, 2.45) is 5.10 Å². The highest BCUT2D eigenvalue weighted by atomic mass is 32.2. The Labute approximate surface area is 219 Å². The first-order valence-corrected chi connectivity index (χ1v) is 12.6. The molecular weight excluding hydrogens is 484 g/mol. The van der Waals surface area contributed by atoms with Crippen molar-refractivity contribution in [3.63, 3.8) is 0 Å². The number of thioether (sulfide) groups is 1. The van der Waals surface area contributed by atoms with Crippen LogP contribution in [0.25, 0.3) is 0 Å². The Hall–Kier alpha value is -4.20. The highest BCUT2D eigenvalue weighted by molar-refractivity contribution is 8.18. The van der Waals surface area contributed by atoms with Gasteiger partial charge in [-0.2, -0.15) is 5.10 Å². The summed E-state index contributed by atoms with van der Waals surface area (Å²) in [6.07, 6.45) is 0. The Bertz CT molecular complexity index is 1490. The first-order valence-electron chi connectivity index (χ1n) is 11.4. The summed E-state index contributed by atoms with van der Waals surface area (Å²) in [6, 6.07) is 39.1. The molecule has 0 radical (unpaired) electrons. The van der Waals surface area contributed by atoms with Crippen LogP contribution in [0.15, 0.2) is 137 Å². The molecule has 7 heteroatoms. The van der Waals surface area contributed by atoms with E-state index >= 15 is 0 Å². The molecule has 0 spiro atoms. The number of benzene rings is 4. The molecule has 2 aliphatic rings. The normalized spacial score (nSPS) is 17.7. The molecular formula is C29H20N4OS2. The lowest BCUT2D eigenvalue weighted by atomic mass is 10.2. The molecule has 0 bridgehead atoms. The Morgan fingerprint density at radius 3 is 1.64 bits per heavy atom. The van der Waals surface area contributed by atoms with Crippen molar-refractivity contribution >= 4 is 57.1 Å². The Morgan fingerprint density at radius 2 is 1.08 bits per heavy atom. The fraction of sp³-hybridized carbons (Fsp3) is 0. The van der Waals surface area contributed by atoms with Crippen molar-refractivity contribution in [1.82, 2.24) is 0 Å². The van der Waals surface area contributed by atoms with Crippen molar-refractivity contribution in [2.75, 3.05) is 14.8 Å². The zero-order valence-corrected chi connectivity index (χ0v) is 20.7. The topological polar surface area (TPSA) is 39.2 Å². The summed E-state index contributed by atoms with van der Waals surface area (Å²) >= 11 is 7.40. The third-order valence-electron chi connectivity index (χ3n) is 5.84. The van der Waals surface area contributed by atoms with E-state index in [0.717, 1.165) is 27.7 Å². The van der Waals surface area contributed by atoms with E-state index in [1.165, 1.54) is 11.8 Å². The molecule has 2 aliphatic heterocycles. The van der Waals surface area contributed by atoms with Gasteiger partial charge >= 0.3 is 0 Å². The van der Waals surface area contributed by atoms with Gasteiger partial charge in [-0.1, -0.05) is 84.9 Å². The molecule has 0 atom stereocenters. The van der Waals surface area contributed by atoms with Gasteiger partial charge in [-0.05, 0) is 60.4 Å². The SMILES string of the molecule is O=C1/C(=C2/SC(c3ccccc3)=NN2c2ccccc2)N(c2ccccc2)C(=S)N1c1ccccc1. The van der Waals surface area contributed by atoms with Crippen molar-refractivity contribution in [3.05, 3.63) is 138 Å². The number of anilines is 3. The molecule has 4 aromatic rings. The van der Waals surface area contributed by atoms with Gasteiger partial charge in [0.2, 0.25) is 0 Å². The monoisotopic (exact) mass is 504 g/mol. The summed E-state index contributed by atoms with van der Waals surface area (Å²) in [4.78, 5) is 17.6. The molecule has 0 saturated carbocycles. The molecule has 36 heavy (non-hydrogen) atoms. The number of para-hydroxylation sites is 3. The van der Waals surface area contributed by atoms with Gasteiger partial charge in [0.15, 0.2) is 5.11 Å². The molecule has 4 aromatic carbocycles. The van der Waals surface area contributed by atoms with Crippen molar-refractivity contribution < 1.29 is 4.79 Å². The number of thiocarbonyl (C=S) groups is 1. The molecule has 1 fully saturated rings. The van der Waals surface area contributed by atoms with Crippen molar-refractivity contribution in [2.45, 2.75) is 0 Å². The van der Waals surface area contributed by atoms with Gasteiger partial charge in [0.05, 0.1) is 11.4 Å². The Morgan fingerprint density at radius 1 is 0.611 bits per heavy atom. The largest absolute Gasteiger partial charge is 0.284 e. The predicted octanol–water partition coefficient (Wildman–Crippen LogP) is 6.61. The molecule has 5 nitrogen and oxygen atoms in total. The van der Waals surface area contributed by atoms with Crippen LogP contribution in [-0.2, 0) is 4.79 Å². The minimum Gasteiger partial charge on any atom is -0.279 e. The van der Waals surface area contributed by atoms with Crippen LogP contribution in [0.2, 0.25) is 0 Å². The average Bonchev–Trinajstić information content (AvgIpc) is 3.49. The van der Waals surface area contributed by atoms with Crippen LogP contribution in [0.1, 0.15) is 5.56 Å². The van der Waals surface area contributed by atoms with Gasteiger partial charge in [0.1, 0.15) is 15.8 Å². The molecule has 6 rings (SSSR count). The quantitative estimate of drug-likeness (QED) is 0.231. The molecule has 0 aliphatic carbocycles. The van der Waals surface area contributed by atoms with Gasteiger partial charge in [-0.3, -0.25) is 14.6 Å². The first-order chi connectivity index (χ1) is 17.7. The summed E-state index contributed by atoms with van der Waals surface area (Å²) in [5, 5.41) is 8.71. The van der Waals surface area contributed by atoms with E-state index < -0.39 is 0 Å². The summed E-state index contributed by atoms with van der Waals surface area (Å²) in [5.41, 5.74) is 3.86. The second kappa shape index (κ2) is 9.45. The molecule has 2 heterocycles. The van der Waals surface area contributed by atoms with Gasteiger partial charge in [0.25, 0.3) is 5.91 Å². The van der Waals surface area contributed by atoms with E-state index in [9.17, 15) is 4.79 Å². The van der Waals surface area contributed by atoms with Gasteiger partial charge in [-0.25, -0.2) is 5.01 Å². The van der Waals surface area contributed by atoms with Crippen molar-refractivity contribution in [1.29, 1.82) is 0 Å². The number of amides is 1. The van der Waals surface area contributed by atoms with Crippen molar-refractivity contribution in [3.8, 4) is 0 Å². The number of hydrogen-bond acceptors (Lipinski definition) is 5. The third-order valence-corrected chi connectivity index (χ3v) is 7.28. The lowest BCUT2D eigenvalue weighted by Crippen LogP contribution is -2.32. The lowest BCUT2D eigenvalue weighted by Gasteiger charge is -2.23. The van der Waals surface area contributed by atoms with E-state index in [1.807, 2.05) is 131 Å². The fourth-order valence-electron chi connectivity index (χ4n) is 4.17. The lowest BCUT2D eigenvalue weighted by molar-refractivity contribution is -0.113. The smallest absolute Gasteiger partial charge is 0.279 e. The second-order valence-electron chi connectivity index (χ2n) is 8.10. The number of hydrazone groups is 1. The minimum atomic E-state index is -0.192. The number of carbonyl (C=O) groups excluding carboxylic acids is 1. The molecule has 174 valence electrons. The summed E-state index contributed by atoms with van der Waals surface area (Å²) in [5.74, 6) is -0.192. The van der Waals surface area contributed by atoms with Gasteiger partial charge < -0.3 is 0 Å². The minimum absolute atomic E-state index is 0.192. The van der Waals surface area contributed by atoms with E-state index in [0.29, 0.717) is 15.8 Å². The standard InChI is InChI=1S/C29H20N4OS2/c34-27-25(31(22-15-7-2-8-16-22)29(35)32(27)23-17-9-3-10-18-23)28-33(24-19-11-4-12-20-24)30-26(36-28)21-13-5-1-6-14-21/h1-20H/b28-25-. The number of nitrogens with zero attached hydrogens (tertiary/aromatic N) is 4. The van der Waals surface area contributed by atoms with Gasteiger partial charge in [0, 0.05) is 11.3 Å². The Balaban J connectivity index is 1.56. The average molecular weight is 505 g/mol. The fourth-order valence-corrected chi connectivity index (χ4v) is 5.63. The zero-order chi connectivity index (χ0) is 24.5. The van der Waals surface area contributed by atoms with Crippen LogP contribution in [0, 0.1) is 0 Å². The van der Waals surface area contributed by atoms with Crippen LogP contribution in [0.3, 0.4) is 0 Å². The van der Waals surface area contributed by atoms with E-state index in [2.05, 4.69) is 0 Å². The molecule has 1 amide bonds. The van der Waals surface area contributed by atoms with E-state index in [-0.39, 0.29) is 5.91 Å². The summed E-state index contributed by atoms with van der Waals surface area (Å²) < 4.78 is 0. The van der Waals surface area contributed by atoms with Crippen LogP contribution < -0.4 is 14.8 Å². The van der Waals surface area contributed by atoms with Crippen LogP contribution in [-0.4, -0.2) is 16.1 Å². The Kier molecular flexibility index (Phi) is 5.85. The molecule has 0 aromatic heterocycles. The maximum Gasteiger partial charge on any atom is 0.284 e. The number of hydrogen-bond donors (Lipinski definition) is 0. The first kappa shape index (κ1) is 22.3. The van der Waals surface area contributed by atoms with Crippen LogP contribution >= 0.6 is 24.0 Å². The maximum absolute atomic E-state index is 14.2. The zero-order valence-electron chi connectivity index (χ0n) is 19.1. The predicted molar refractivity (Wildman–Crippen MR) is 152 cm³/mol. The highest BCUT2D eigenvalue weighted by Gasteiger charge is 2.45. The maximum atomic E-state index is 14.2. The third kappa shape index (κ3) is 3.88. The number of carbonyl (C=O) groups is 1. The molecule has 0 N–H and O–H groups in total. The second-order valence-corrected chi connectivity index (χ2v) is 9.45. The summed E-state index contributed by atoms with van der Waals surface area (Å²) in [7, 11) is 0. The number of rotatable bonds is 4. The van der Waals surface area contributed by atoms with Crippen LogP contribution in [0.5, 0.6) is 0 Å². The molecule has 1 saturated heterocycles. The van der Waals surface area contributed by atoms with Gasteiger partial charge in [-0.15, -0.1) is 0 Å². The van der Waals surface area contributed by atoms with E-state index in [4.69, 9.17) is 17.3 Å². The van der Waals surface area contributed by atoms with E-state index in [1.54, 1.807) is 4.90 Å².